The summed E-state index contributed by atoms with van der Waals surface area (Å²) < 4.78 is 15.9. The Morgan fingerprint density at radius 2 is 0.818 bits per heavy atom. The van der Waals surface area contributed by atoms with E-state index in [0.29, 0.717) is 0 Å². The Kier molecular flexibility index (Phi) is 5.74. The average Bonchev–Trinajstić information content (AvgIpc) is 2.04. The van der Waals surface area contributed by atoms with Crippen molar-refractivity contribution in [2.75, 3.05) is 0 Å². The molecule has 0 aromatic carbocycles. The van der Waals surface area contributed by atoms with Gasteiger partial charge in [0.1, 0.15) is 20.0 Å². The van der Waals surface area contributed by atoms with Crippen LogP contribution in [0.3, 0.4) is 0 Å². The van der Waals surface area contributed by atoms with Crippen LogP contribution in [0.5, 0.6) is 0 Å². The molecule has 0 N–H and O–H groups in total. The molecule has 0 atom stereocenters. The minimum absolute atomic E-state index is 0.130. The predicted molar refractivity (Wildman–Crippen MR) is 109 cm³/mol. The molecule has 1 fully saturated rings. The van der Waals surface area contributed by atoms with Gasteiger partial charge in [-0.2, -0.15) is 0 Å². The van der Waals surface area contributed by atoms with Gasteiger partial charge >= 0.3 is 16.0 Å². The van der Waals surface area contributed by atoms with Crippen molar-refractivity contribution in [3.05, 3.63) is 0 Å². The van der Waals surface area contributed by atoms with Gasteiger partial charge in [0, 0.05) is 0 Å². The van der Waals surface area contributed by atoms with E-state index in [-0.39, 0.29) is 11.1 Å². The van der Waals surface area contributed by atoms with Gasteiger partial charge in [-0.15, -0.1) is 8.82 Å². The zero-order chi connectivity index (χ0) is 17.7. The van der Waals surface area contributed by atoms with Crippen LogP contribution in [0, 0.1) is 0 Å². The van der Waals surface area contributed by atoms with Crippen molar-refractivity contribution in [3.63, 3.8) is 0 Å². The lowest BCUT2D eigenvalue weighted by atomic mass is 10.1. The third-order valence-electron chi connectivity index (χ3n) is 2.66. The minimum atomic E-state index is -1.47. The van der Waals surface area contributed by atoms with Gasteiger partial charge in [0.05, 0.1) is 0 Å². The summed E-state index contributed by atoms with van der Waals surface area (Å²) in [4.78, 5) is 0. The first-order chi connectivity index (χ1) is 9.43. The van der Waals surface area contributed by atoms with E-state index in [0.717, 1.165) is 0 Å². The molecule has 1 aliphatic heterocycles. The van der Waals surface area contributed by atoms with Crippen LogP contribution >= 0.6 is 16.0 Å². The fourth-order valence-corrected chi connectivity index (χ4v) is 13.2. The maximum atomic E-state index is 5.32. The van der Waals surface area contributed by atoms with Gasteiger partial charge in [-0.3, -0.25) is 0 Å². The fourth-order valence-electron chi connectivity index (χ4n) is 2.05. The van der Waals surface area contributed by atoms with Crippen LogP contribution in [0.2, 0.25) is 39.3 Å². The standard InChI is InChI=1S/C14H36N4P2Si2/c1-13(2,3)17-19(15-21(7,8)9)18(14(4,5)6)20(17)16-22(10,11)12/h1-12H3/q+2. The van der Waals surface area contributed by atoms with Crippen LogP contribution in [0.4, 0.5) is 0 Å². The largest absolute Gasteiger partial charge is 0.479 e. The zero-order valence-corrected chi connectivity index (χ0v) is 20.5. The molecule has 1 rings (SSSR count). The van der Waals surface area contributed by atoms with E-state index in [1.807, 2.05) is 0 Å². The van der Waals surface area contributed by atoms with Gasteiger partial charge in [0.25, 0.3) is 0 Å². The quantitative estimate of drug-likeness (QED) is 0.388. The first-order valence-corrected chi connectivity index (χ1v) is 17.4. The molecule has 0 spiro atoms. The highest BCUT2D eigenvalue weighted by atomic mass is 31.2. The molecule has 1 aliphatic rings. The van der Waals surface area contributed by atoms with E-state index in [4.69, 9.17) is 8.82 Å². The van der Waals surface area contributed by atoms with Crippen molar-refractivity contribution in [2.24, 2.45) is 8.82 Å². The maximum absolute atomic E-state index is 5.32. The minimum Gasteiger partial charge on any atom is -0.119 e. The lowest BCUT2D eigenvalue weighted by Gasteiger charge is -2.35. The second-order valence-corrected chi connectivity index (χ2v) is 23.6. The molecular formula is C14H36N4P2Si2+2. The molecule has 0 aromatic heterocycles. The lowest BCUT2D eigenvalue weighted by Crippen LogP contribution is -2.49. The summed E-state index contributed by atoms with van der Waals surface area (Å²) in [5, 5.41) is 0. The van der Waals surface area contributed by atoms with E-state index >= 15 is 0 Å². The molecule has 1 heterocycles. The van der Waals surface area contributed by atoms with Crippen molar-refractivity contribution in [3.8, 4) is 0 Å². The summed E-state index contributed by atoms with van der Waals surface area (Å²) in [6.45, 7) is 27.9. The summed E-state index contributed by atoms with van der Waals surface area (Å²) in [5.74, 6) is 0. The highest BCUT2D eigenvalue weighted by Crippen LogP contribution is 2.73. The Labute approximate surface area is 142 Å². The van der Waals surface area contributed by atoms with Gasteiger partial charge in [-0.05, 0) is 80.8 Å². The summed E-state index contributed by atoms with van der Waals surface area (Å²) in [6.07, 6.45) is 0. The van der Waals surface area contributed by atoms with Crippen molar-refractivity contribution in [2.45, 2.75) is 91.9 Å². The Bertz CT molecular complexity index is 433. The normalized spacial score (nSPS) is 22.5. The van der Waals surface area contributed by atoms with E-state index < -0.39 is 32.5 Å². The third kappa shape index (κ3) is 5.29. The van der Waals surface area contributed by atoms with Crippen LogP contribution < -0.4 is 0 Å². The van der Waals surface area contributed by atoms with Gasteiger partial charge < -0.3 is 0 Å². The van der Waals surface area contributed by atoms with Gasteiger partial charge in [-0.1, -0.05) is 0 Å². The van der Waals surface area contributed by atoms with E-state index in [1.54, 1.807) is 0 Å². The molecular weight excluding hydrogens is 342 g/mol. The first-order valence-electron chi connectivity index (χ1n) is 8.09. The Balaban J connectivity index is 3.49. The lowest BCUT2D eigenvalue weighted by molar-refractivity contribution is 0.292. The molecule has 0 aromatic rings. The van der Waals surface area contributed by atoms with Crippen molar-refractivity contribution < 1.29 is 0 Å². The topological polar surface area (TPSA) is 31.2 Å². The third-order valence-corrected chi connectivity index (χ3v) is 14.6. The summed E-state index contributed by atoms with van der Waals surface area (Å²) >= 11 is 0. The Hall–Kier alpha value is 0.554. The SMILES string of the molecule is CC(C)(C)N1[P+](=N[Si](C)(C)C)N(C(C)(C)C)[P+]1=N[Si](C)(C)C. The highest BCUT2D eigenvalue weighted by molar-refractivity contribution is 7.74. The van der Waals surface area contributed by atoms with Crippen molar-refractivity contribution >= 4 is 32.5 Å². The predicted octanol–water partition coefficient (Wildman–Crippen LogP) is 6.86. The second kappa shape index (κ2) is 6.13. The van der Waals surface area contributed by atoms with Crippen LogP contribution in [-0.2, 0) is 0 Å². The van der Waals surface area contributed by atoms with Crippen LogP contribution in [0.1, 0.15) is 41.5 Å². The molecule has 0 unspecified atom stereocenters. The number of nitrogens with zero attached hydrogens (tertiary/aromatic N) is 4. The zero-order valence-electron chi connectivity index (χ0n) is 16.7. The molecule has 0 radical (unpaired) electrons. The molecule has 0 amide bonds. The molecule has 8 heteroatoms. The van der Waals surface area contributed by atoms with Crippen molar-refractivity contribution in [1.29, 1.82) is 0 Å². The second-order valence-electron chi connectivity index (χ2n) is 10.00. The summed E-state index contributed by atoms with van der Waals surface area (Å²) in [5.41, 5.74) is 0.261. The Morgan fingerprint density at radius 3 is 0.955 bits per heavy atom. The van der Waals surface area contributed by atoms with Crippen LogP contribution in [0.25, 0.3) is 0 Å². The molecule has 128 valence electrons. The maximum Gasteiger partial charge on any atom is 0.479 e. The number of rotatable bonds is 2. The fraction of sp³-hybridized carbons (Fsp3) is 1.00. The van der Waals surface area contributed by atoms with Crippen LogP contribution in [-0.4, -0.2) is 36.4 Å². The van der Waals surface area contributed by atoms with Gasteiger partial charge in [-0.25, -0.2) is 0 Å². The van der Waals surface area contributed by atoms with E-state index in [1.165, 1.54) is 0 Å². The van der Waals surface area contributed by atoms with E-state index in [9.17, 15) is 0 Å². The summed E-state index contributed by atoms with van der Waals surface area (Å²) in [6, 6.07) is 0. The number of hydrogen-bond acceptors (Lipinski definition) is 2. The smallest absolute Gasteiger partial charge is 0.119 e. The highest BCUT2D eigenvalue weighted by Gasteiger charge is 2.75. The van der Waals surface area contributed by atoms with E-state index in [2.05, 4.69) is 89.7 Å². The molecule has 0 bridgehead atoms. The van der Waals surface area contributed by atoms with Crippen molar-refractivity contribution in [1.82, 2.24) is 8.88 Å². The molecule has 4 nitrogen and oxygen atoms in total. The van der Waals surface area contributed by atoms with Crippen LogP contribution in [0.15, 0.2) is 8.82 Å². The molecule has 0 aliphatic carbocycles. The number of hydrogen-bond donors (Lipinski definition) is 0. The molecule has 0 saturated carbocycles. The molecule has 22 heavy (non-hydrogen) atoms. The Morgan fingerprint density at radius 1 is 0.591 bits per heavy atom. The first kappa shape index (κ1) is 20.6. The molecule has 1 saturated heterocycles. The monoisotopic (exact) mass is 378 g/mol. The average molecular weight is 379 g/mol. The van der Waals surface area contributed by atoms with Gasteiger partial charge in [0.2, 0.25) is 16.5 Å². The summed E-state index contributed by atoms with van der Waals surface area (Å²) in [7, 11) is -4.08. The van der Waals surface area contributed by atoms with Gasteiger partial charge in [0.15, 0.2) is 0 Å².